The van der Waals surface area contributed by atoms with Gasteiger partial charge in [0.25, 0.3) is 0 Å². The van der Waals surface area contributed by atoms with Crippen LogP contribution in [0.3, 0.4) is 0 Å². The number of ether oxygens (including phenoxy) is 1. The summed E-state index contributed by atoms with van der Waals surface area (Å²) in [5.74, 6) is 2.39. The number of hydrogen-bond donors (Lipinski definition) is 2. The average molecular weight is 506 g/mol. The zero-order valence-corrected chi connectivity index (χ0v) is 19.5. The molecule has 0 bridgehead atoms. The fourth-order valence-electron chi connectivity index (χ4n) is 2.88. The Bertz CT molecular complexity index is 952. The van der Waals surface area contributed by atoms with Crippen molar-refractivity contribution in [2.24, 2.45) is 4.99 Å². The highest BCUT2D eigenvalue weighted by atomic mass is 127. The second-order valence-corrected chi connectivity index (χ2v) is 6.49. The fourth-order valence-corrected chi connectivity index (χ4v) is 2.88. The second-order valence-electron chi connectivity index (χ2n) is 6.49. The summed E-state index contributed by atoms with van der Waals surface area (Å²) in [4.78, 5) is 8.79. The SMILES string of the molecule is CN=C(NCc1ccc(-n2nc(C)cc2C)nc1)NCc1cccc(OC)c1.I. The van der Waals surface area contributed by atoms with Crippen LogP contribution in [0.15, 0.2) is 53.7 Å². The Morgan fingerprint density at radius 2 is 1.83 bits per heavy atom. The Balaban J connectivity index is 0.00000300. The first-order valence-corrected chi connectivity index (χ1v) is 9.15. The molecule has 0 aliphatic rings. The van der Waals surface area contributed by atoms with Crippen molar-refractivity contribution in [2.75, 3.05) is 14.2 Å². The third-order valence-corrected chi connectivity index (χ3v) is 4.31. The lowest BCUT2D eigenvalue weighted by Crippen LogP contribution is -2.36. The molecule has 29 heavy (non-hydrogen) atoms. The highest BCUT2D eigenvalue weighted by molar-refractivity contribution is 14.0. The molecule has 2 aromatic heterocycles. The summed E-state index contributed by atoms with van der Waals surface area (Å²) in [7, 11) is 3.42. The third kappa shape index (κ3) is 6.18. The van der Waals surface area contributed by atoms with Crippen LogP contribution >= 0.6 is 24.0 Å². The molecule has 1 aromatic carbocycles. The summed E-state index contributed by atoms with van der Waals surface area (Å²) in [5, 5.41) is 11.1. The van der Waals surface area contributed by atoms with Crippen molar-refractivity contribution in [1.82, 2.24) is 25.4 Å². The predicted molar refractivity (Wildman–Crippen MR) is 126 cm³/mol. The number of nitrogens with one attached hydrogen (secondary N) is 2. The summed E-state index contributed by atoms with van der Waals surface area (Å²) < 4.78 is 7.11. The van der Waals surface area contributed by atoms with Gasteiger partial charge in [-0.2, -0.15) is 5.10 Å². The predicted octanol–water partition coefficient (Wildman–Crippen LogP) is 3.38. The number of pyridine rings is 1. The molecule has 8 heteroatoms. The van der Waals surface area contributed by atoms with Crippen LogP contribution in [-0.4, -0.2) is 34.9 Å². The van der Waals surface area contributed by atoms with E-state index in [-0.39, 0.29) is 24.0 Å². The molecule has 0 unspecified atom stereocenters. The van der Waals surface area contributed by atoms with E-state index in [1.165, 1.54) is 0 Å². The number of aryl methyl sites for hydroxylation is 2. The van der Waals surface area contributed by atoms with Gasteiger partial charge in [-0.05, 0) is 49.2 Å². The van der Waals surface area contributed by atoms with Crippen LogP contribution in [0.1, 0.15) is 22.5 Å². The molecule has 0 radical (unpaired) electrons. The largest absolute Gasteiger partial charge is 0.497 e. The quantitative estimate of drug-likeness (QED) is 0.305. The lowest BCUT2D eigenvalue weighted by Gasteiger charge is -2.13. The van der Waals surface area contributed by atoms with Gasteiger partial charge in [0.15, 0.2) is 11.8 Å². The minimum Gasteiger partial charge on any atom is -0.497 e. The van der Waals surface area contributed by atoms with E-state index in [4.69, 9.17) is 4.74 Å². The molecule has 0 aliphatic carbocycles. The van der Waals surface area contributed by atoms with E-state index < -0.39 is 0 Å². The summed E-state index contributed by atoms with van der Waals surface area (Å²) in [6, 6.07) is 14.0. The van der Waals surface area contributed by atoms with Crippen LogP contribution in [0.25, 0.3) is 5.82 Å². The molecule has 154 valence electrons. The number of nitrogens with zero attached hydrogens (tertiary/aromatic N) is 4. The lowest BCUT2D eigenvalue weighted by atomic mass is 10.2. The molecule has 2 N–H and O–H groups in total. The highest BCUT2D eigenvalue weighted by Crippen LogP contribution is 2.12. The number of rotatable bonds is 6. The van der Waals surface area contributed by atoms with Crippen LogP contribution in [-0.2, 0) is 13.1 Å². The number of guanidine groups is 1. The number of methoxy groups -OCH3 is 1. The molecule has 0 amide bonds. The van der Waals surface area contributed by atoms with E-state index in [1.807, 2.05) is 67.2 Å². The lowest BCUT2D eigenvalue weighted by molar-refractivity contribution is 0.414. The third-order valence-electron chi connectivity index (χ3n) is 4.31. The van der Waals surface area contributed by atoms with Crippen molar-refractivity contribution >= 4 is 29.9 Å². The van der Waals surface area contributed by atoms with E-state index >= 15 is 0 Å². The van der Waals surface area contributed by atoms with Crippen molar-refractivity contribution in [3.05, 3.63) is 71.2 Å². The van der Waals surface area contributed by atoms with E-state index in [0.29, 0.717) is 13.1 Å². The van der Waals surface area contributed by atoms with Gasteiger partial charge < -0.3 is 15.4 Å². The van der Waals surface area contributed by atoms with Crippen LogP contribution in [0.5, 0.6) is 5.75 Å². The Morgan fingerprint density at radius 3 is 2.41 bits per heavy atom. The van der Waals surface area contributed by atoms with Crippen molar-refractivity contribution < 1.29 is 4.74 Å². The van der Waals surface area contributed by atoms with Crippen LogP contribution in [0, 0.1) is 13.8 Å². The van der Waals surface area contributed by atoms with Crippen molar-refractivity contribution in [2.45, 2.75) is 26.9 Å². The molecule has 0 fully saturated rings. The minimum absolute atomic E-state index is 0. The zero-order chi connectivity index (χ0) is 19.9. The molecule has 3 aromatic rings. The average Bonchev–Trinajstić information content (AvgIpc) is 3.06. The molecule has 0 atom stereocenters. The number of hydrogen-bond acceptors (Lipinski definition) is 4. The van der Waals surface area contributed by atoms with E-state index in [9.17, 15) is 0 Å². The van der Waals surface area contributed by atoms with Gasteiger partial charge >= 0.3 is 0 Å². The topological polar surface area (TPSA) is 76.4 Å². The van der Waals surface area contributed by atoms with Gasteiger partial charge in [0.05, 0.1) is 12.8 Å². The first kappa shape index (κ1) is 22.7. The maximum absolute atomic E-state index is 5.26. The molecule has 0 aliphatic heterocycles. The van der Waals surface area contributed by atoms with Crippen molar-refractivity contribution in [1.29, 1.82) is 0 Å². The van der Waals surface area contributed by atoms with Gasteiger partial charge in [0.1, 0.15) is 5.75 Å². The molecule has 0 spiro atoms. The van der Waals surface area contributed by atoms with Gasteiger partial charge in [-0.3, -0.25) is 4.99 Å². The Hall–Kier alpha value is -2.62. The molecular weight excluding hydrogens is 479 g/mol. The van der Waals surface area contributed by atoms with Crippen LogP contribution in [0.2, 0.25) is 0 Å². The van der Waals surface area contributed by atoms with Gasteiger partial charge in [-0.1, -0.05) is 18.2 Å². The molecule has 0 saturated carbocycles. The van der Waals surface area contributed by atoms with Crippen molar-refractivity contribution in [3.8, 4) is 11.6 Å². The molecule has 2 heterocycles. The highest BCUT2D eigenvalue weighted by Gasteiger charge is 2.05. The van der Waals surface area contributed by atoms with Gasteiger partial charge in [-0.15, -0.1) is 24.0 Å². The maximum Gasteiger partial charge on any atom is 0.191 e. The summed E-state index contributed by atoms with van der Waals surface area (Å²) in [6.07, 6.45) is 1.86. The molecule has 0 saturated heterocycles. The van der Waals surface area contributed by atoms with E-state index in [0.717, 1.165) is 40.0 Å². The Labute approximate surface area is 188 Å². The summed E-state index contributed by atoms with van der Waals surface area (Å²) in [5.41, 5.74) is 4.24. The Kier molecular flexibility index (Phi) is 8.44. The summed E-state index contributed by atoms with van der Waals surface area (Å²) >= 11 is 0. The first-order chi connectivity index (χ1) is 13.6. The number of benzene rings is 1. The molecule has 7 nitrogen and oxygen atoms in total. The van der Waals surface area contributed by atoms with Gasteiger partial charge in [0.2, 0.25) is 0 Å². The van der Waals surface area contributed by atoms with Gasteiger partial charge in [0, 0.05) is 32.0 Å². The van der Waals surface area contributed by atoms with Crippen LogP contribution in [0.4, 0.5) is 0 Å². The minimum atomic E-state index is 0. The second kappa shape index (κ2) is 10.8. The smallest absolute Gasteiger partial charge is 0.191 e. The standard InChI is InChI=1S/C21H26N6O.HI/c1-15-10-16(2)27(26-15)20-9-8-18(13-23-20)14-25-21(22-3)24-12-17-6-5-7-19(11-17)28-4;/h5-11,13H,12,14H2,1-4H3,(H2,22,24,25);1H. The van der Waals surface area contributed by atoms with Crippen molar-refractivity contribution in [3.63, 3.8) is 0 Å². The maximum atomic E-state index is 5.26. The van der Waals surface area contributed by atoms with Gasteiger partial charge in [-0.25, -0.2) is 9.67 Å². The number of aliphatic imine (C=N–C) groups is 1. The first-order valence-electron chi connectivity index (χ1n) is 9.15. The van der Waals surface area contributed by atoms with E-state index in [2.05, 4.69) is 25.7 Å². The normalized spacial score (nSPS) is 11.0. The number of halogens is 1. The van der Waals surface area contributed by atoms with Crippen LogP contribution < -0.4 is 15.4 Å². The Morgan fingerprint density at radius 1 is 1.07 bits per heavy atom. The molecule has 3 rings (SSSR count). The number of aromatic nitrogens is 3. The molecular formula is C21H27IN6O. The fraction of sp³-hybridized carbons (Fsp3) is 0.286. The summed E-state index contributed by atoms with van der Waals surface area (Å²) in [6.45, 7) is 5.29. The monoisotopic (exact) mass is 506 g/mol. The zero-order valence-electron chi connectivity index (χ0n) is 17.1. The van der Waals surface area contributed by atoms with E-state index in [1.54, 1.807) is 14.2 Å².